The van der Waals surface area contributed by atoms with Crippen LogP contribution in [0, 0.1) is 0 Å². The maximum Gasteiger partial charge on any atom is 0.335 e. The van der Waals surface area contributed by atoms with Gasteiger partial charge in [-0.05, 0) is 41.8 Å². The fourth-order valence-electron chi connectivity index (χ4n) is 3.63. The molecule has 8 heteroatoms. The van der Waals surface area contributed by atoms with Gasteiger partial charge in [-0.3, -0.25) is 9.69 Å². The molecule has 0 spiro atoms. The highest BCUT2D eigenvalue weighted by Gasteiger charge is 2.34. The second kappa shape index (κ2) is 8.51. The number of rotatable bonds is 4. The van der Waals surface area contributed by atoms with E-state index in [1.807, 2.05) is 42.5 Å². The van der Waals surface area contributed by atoms with Crippen molar-refractivity contribution < 1.29 is 19.1 Å². The molecule has 0 aliphatic carbocycles. The number of carboxylic acids is 1. The number of halogens is 1. The molecule has 0 atom stereocenters. The number of anilines is 1. The van der Waals surface area contributed by atoms with Crippen LogP contribution in [0.1, 0.15) is 16.1 Å². The van der Waals surface area contributed by atoms with Gasteiger partial charge in [0.2, 0.25) is 0 Å². The number of hydrogen-bond donors (Lipinski definition) is 1. The standard InChI is InChI=1S/C25H14ClNO4S2/c26-19-10-8-15(24(29)30)12-18(19)21-11-9-16(31-21)13-22-23(28)27(25(32)33-22)20-7-3-5-14-4-1-2-6-17(14)20/h1-13H,(H,29,30). The predicted molar refractivity (Wildman–Crippen MR) is 136 cm³/mol. The van der Waals surface area contributed by atoms with Gasteiger partial charge in [0.15, 0.2) is 4.32 Å². The van der Waals surface area contributed by atoms with Crippen molar-refractivity contribution in [2.75, 3.05) is 4.90 Å². The molecule has 5 rings (SSSR count). The van der Waals surface area contributed by atoms with Crippen molar-refractivity contribution in [1.29, 1.82) is 0 Å². The Labute approximate surface area is 203 Å². The molecule has 0 unspecified atom stereocenters. The average molecular weight is 492 g/mol. The van der Waals surface area contributed by atoms with E-state index in [9.17, 15) is 14.7 Å². The SMILES string of the molecule is O=C(O)c1ccc(Cl)c(-c2ccc(C=C3SC(=S)N(c4cccc5ccccc45)C3=O)o2)c1. The Morgan fingerprint density at radius 2 is 1.85 bits per heavy atom. The van der Waals surface area contributed by atoms with Gasteiger partial charge in [-0.25, -0.2) is 4.79 Å². The number of aromatic carboxylic acids is 1. The molecule has 33 heavy (non-hydrogen) atoms. The summed E-state index contributed by atoms with van der Waals surface area (Å²) in [6.07, 6.45) is 1.63. The Hall–Kier alpha value is -3.39. The van der Waals surface area contributed by atoms with E-state index in [0.29, 0.717) is 31.3 Å². The maximum absolute atomic E-state index is 13.2. The molecule has 1 fully saturated rings. The number of fused-ring (bicyclic) bond motifs is 1. The molecule has 1 saturated heterocycles. The molecule has 5 nitrogen and oxygen atoms in total. The van der Waals surface area contributed by atoms with Gasteiger partial charge in [0.05, 0.1) is 21.2 Å². The monoisotopic (exact) mass is 491 g/mol. The molecule has 0 bridgehead atoms. The van der Waals surface area contributed by atoms with Crippen molar-refractivity contribution in [2.45, 2.75) is 0 Å². The molecule has 2 heterocycles. The Morgan fingerprint density at radius 3 is 2.67 bits per heavy atom. The Kier molecular flexibility index (Phi) is 5.54. The number of nitrogens with zero attached hydrogens (tertiary/aromatic N) is 1. The number of carbonyl (C=O) groups is 2. The lowest BCUT2D eigenvalue weighted by atomic mass is 10.1. The largest absolute Gasteiger partial charge is 0.478 e. The van der Waals surface area contributed by atoms with Crippen LogP contribution in [-0.4, -0.2) is 21.3 Å². The lowest BCUT2D eigenvalue weighted by molar-refractivity contribution is -0.113. The highest BCUT2D eigenvalue weighted by molar-refractivity contribution is 8.27. The van der Waals surface area contributed by atoms with Crippen molar-refractivity contribution in [3.63, 3.8) is 0 Å². The van der Waals surface area contributed by atoms with E-state index in [-0.39, 0.29) is 11.5 Å². The summed E-state index contributed by atoms with van der Waals surface area (Å²) >= 11 is 13.0. The van der Waals surface area contributed by atoms with E-state index in [0.717, 1.165) is 16.5 Å². The van der Waals surface area contributed by atoms with Gasteiger partial charge in [0.1, 0.15) is 11.5 Å². The molecular weight excluding hydrogens is 478 g/mol. The number of benzene rings is 3. The van der Waals surface area contributed by atoms with E-state index in [2.05, 4.69) is 0 Å². The highest BCUT2D eigenvalue weighted by Crippen LogP contribution is 2.39. The summed E-state index contributed by atoms with van der Waals surface area (Å²) in [6, 6.07) is 21.3. The first-order valence-electron chi connectivity index (χ1n) is 9.81. The normalized spacial score (nSPS) is 15.1. The third kappa shape index (κ3) is 3.95. The van der Waals surface area contributed by atoms with Crippen LogP contribution in [-0.2, 0) is 4.79 Å². The second-order valence-electron chi connectivity index (χ2n) is 7.22. The molecule has 0 radical (unpaired) electrons. The minimum Gasteiger partial charge on any atom is -0.478 e. The van der Waals surface area contributed by atoms with Crippen LogP contribution in [0.2, 0.25) is 5.02 Å². The van der Waals surface area contributed by atoms with Gasteiger partial charge < -0.3 is 9.52 Å². The Morgan fingerprint density at radius 1 is 1.06 bits per heavy atom. The van der Waals surface area contributed by atoms with E-state index >= 15 is 0 Å². The molecule has 1 N–H and O–H groups in total. The number of carbonyl (C=O) groups excluding carboxylic acids is 1. The average Bonchev–Trinajstić information content (AvgIpc) is 3.37. The zero-order valence-electron chi connectivity index (χ0n) is 16.8. The van der Waals surface area contributed by atoms with Crippen LogP contribution < -0.4 is 4.90 Å². The van der Waals surface area contributed by atoms with Gasteiger partial charge in [0, 0.05) is 17.0 Å². The van der Waals surface area contributed by atoms with E-state index in [4.69, 9.17) is 28.2 Å². The zero-order valence-corrected chi connectivity index (χ0v) is 19.2. The predicted octanol–water partition coefficient (Wildman–Crippen LogP) is 6.86. The van der Waals surface area contributed by atoms with Crippen molar-refractivity contribution in [3.8, 4) is 11.3 Å². The highest BCUT2D eigenvalue weighted by atomic mass is 35.5. The van der Waals surface area contributed by atoms with E-state index < -0.39 is 5.97 Å². The van der Waals surface area contributed by atoms with Crippen molar-refractivity contribution >= 4 is 74.3 Å². The van der Waals surface area contributed by atoms with Crippen LogP contribution in [0.5, 0.6) is 0 Å². The minimum atomic E-state index is -1.06. The molecule has 1 amide bonds. The zero-order chi connectivity index (χ0) is 23.1. The first-order valence-corrected chi connectivity index (χ1v) is 11.4. The molecular formula is C25H14ClNO4S2. The van der Waals surface area contributed by atoms with Gasteiger partial charge in [-0.1, -0.05) is 72.0 Å². The number of thioether (sulfide) groups is 1. The number of amides is 1. The fraction of sp³-hybridized carbons (Fsp3) is 0. The number of thiocarbonyl (C=S) groups is 1. The quantitative estimate of drug-likeness (QED) is 0.248. The van der Waals surface area contributed by atoms with Gasteiger partial charge in [0.25, 0.3) is 5.91 Å². The van der Waals surface area contributed by atoms with Crippen molar-refractivity contribution in [2.24, 2.45) is 0 Å². The van der Waals surface area contributed by atoms with Gasteiger partial charge in [-0.15, -0.1) is 0 Å². The lowest BCUT2D eigenvalue weighted by Crippen LogP contribution is -2.27. The summed E-state index contributed by atoms with van der Waals surface area (Å²) in [7, 11) is 0. The number of furan rings is 1. The summed E-state index contributed by atoms with van der Waals surface area (Å²) in [5.41, 5.74) is 1.29. The van der Waals surface area contributed by atoms with Crippen LogP contribution >= 0.6 is 35.6 Å². The molecule has 1 aliphatic rings. The lowest BCUT2D eigenvalue weighted by Gasteiger charge is -2.17. The molecule has 3 aromatic carbocycles. The maximum atomic E-state index is 13.2. The third-order valence-corrected chi connectivity index (χ3v) is 6.81. The van der Waals surface area contributed by atoms with Crippen molar-refractivity contribution in [3.05, 3.63) is 94.0 Å². The minimum absolute atomic E-state index is 0.100. The third-order valence-electron chi connectivity index (χ3n) is 5.18. The Balaban J connectivity index is 1.48. The second-order valence-corrected chi connectivity index (χ2v) is 9.30. The van der Waals surface area contributed by atoms with Crippen LogP contribution in [0.15, 0.2) is 82.1 Å². The molecule has 0 saturated carbocycles. The first kappa shape index (κ1) is 21.5. The number of hydrogen-bond acceptors (Lipinski definition) is 5. The molecule has 4 aromatic rings. The molecule has 162 valence electrons. The summed E-state index contributed by atoms with van der Waals surface area (Å²) in [5, 5.41) is 11.6. The van der Waals surface area contributed by atoms with Crippen LogP contribution in [0.4, 0.5) is 5.69 Å². The van der Waals surface area contributed by atoms with Gasteiger partial charge >= 0.3 is 5.97 Å². The van der Waals surface area contributed by atoms with Gasteiger partial charge in [-0.2, -0.15) is 0 Å². The summed E-state index contributed by atoms with van der Waals surface area (Å²) < 4.78 is 6.30. The Bertz CT molecular complexity index is 1490. The van der Waals surface area contributed by atoms with Crippen molar-refractivity contribution in [1.82, 2.24) is 0 Å². The van der Waals surface area contributed by atoms with E-state index in [1.165, 1.54) is 34.9 Å². The molecule has 1 aromatic heterocycles. The summed E-state index contributed by atoms with van der Waals surface area (Å²) in [6.45, 7) is 0. The smallest absolute Gasteiger partial charge is 0.335 e. The van der Waals surface area contributed by atoms with Crippen LogP contribution in [0.3, 0.4) is 0 Å². The summed E-state index contributed by atoms with van der Waals surface area (Å²) in [4.78, 5) is 26.5. The fourth-order valence-corrected chi connectivity index (χ4v) is 5.11. The van der Waals surface area contributed by atoms with E-state index in [1.54, 1.807) is 18.2 Å². The van der Waals surface area contributed by atoms with Crippen LogP contribution in [0.25, 0.3) is 28.2 Å². The summed E-state index contributed by atoms with van der Waals surface area (Å²) in [5.74, 6) is -0.457. The number of carboxylic acid groups (broad SMARTS) is 1. The first-order chi connectivity index (χ1) is 15.9. The topological polar surface area (TPSA) is 70.8 Å². The molecule has 1 aliphatic heterocycles.